The molecule has 7 nitrogen and oxygen atoms in total. The van der Waals surface area contributed by atoms with Crippen LogP contribution >= 0.6 is 11.3 Å². The van der Waals surface area contributed by atoms with Crippen LogP contribution in [0.3, 0.4) is 0 Å². The molecule has 1 amide bonds. The van der Waals surface area contributed by atoms with Crippen molar-refractivity contribution in [3.05, 3.63) is 45.9 Å². The van der Waals surface area contributed by atoms with Gasteiger partial charge in [-0.05, 0) is 12.1 Å². The van der Waals surface area contributed by atoms with Crippen LogP contribution in [0.15, 0.2) is 40.9 Å². The molecule has 0 saturated carbocycles. The number of carbonyl (C=O) groups is 2. The molecule has 3 rings (SSSR count). The Morgan fingerprint density at radius 3 is 2.79 bits per heavy atom. The summed E-state index contributed by atoms with van der Waals surface area (Å²) in [6.07, 6.45) is -4.52. The maximum absolute atomic E-state index is 12.8. The zero-order chi connectivity index (χ0) is 21.2. The first kappa shape index (κ1) is 20.8. The number of hydrogen-bond donors (Lipinski definition) is 2. The molecule has 0 radical (unpaired) electrons. The zero-order valence-corrected chi connectivity index (χ0v) is 15.9. The second-order valence-corrected chi connectivity index (χ2v) is 6.90. The summed E-state index contributed by atoms with van der Waals surface area (Å²) in [5.41, 5.74) is 1.05. The van der Waals surface area contributed by atoms with Crippen LogP contribution in [-0.2, 0) is 20.5 Å². The van der Waals surface area contributed by atoms with Crippen LogP contribution < -0.4 is 5.32 Å². The number of halogens is 3. The maximum Gasteiger partial charge on any atom is 0.443 e. The van der Waals surface area contributed by atoms with E-state index in [1.165, 1.54) is 23.5 Å². The summed E-state index contributed by atoms with van der Waals surface area (Å²) in [4.78, 5) is 29.5. The molecule has 1 aliphatic heterocycles. The predicted octanol–water partition coefficient (Wildman–Crippen LogP) is 2.50. The van der Waals surface area contributed by atoms with Gasteiger partial charge in [-0.25, -0.2) is 9.78 Å². The van der Waals surface area contributed by atoms with Gasteiger partial charge in [0.05, 0.1) is 31.5 Å². The van der Waals surface area contributed by atoms with Crippen molar-refractivity contribution in [3.8, 4) is 11.3 Å². The number of aliphatic hydroxyl groups is 1. The van der Waals surface area contributed by atoms with E-state index in [1.807, 2.05) is 0 Å². The number of hydrogen-bond acceptors (Lipinski definition) is 7. The maximum atomic E-state index is 12.8. The molecule has 11 heteroatoms. The van der Waals surface area contributed by atoms with Crippen LogP contribution in [0.2, 0.25) is 0 Å². The number of β-amino-alcohol motifs (C(OH)–C–C–N with tert-alkyl or cyclic N) is 1. The lowest BCUT2D eigenvalue weighted by atomic mass is 10.1. The number of esters is 1. The van der Waals surface area contributed by atoms with E-state index < -0.39 is 23.1 Å². The lowest BCUT2D eigenvalue weighted by molar-refractivity contribution is -0.138. The number of carbonyl (C=O) groups excluding carboxylic acids is 2. The number of benzene rings is 1. The van der Waals surface area contributed by atoms with E-state index in [2.05, 4.69) is 10.3 Å². The number of ether oxygens (including phenoxy) is 1. The molecule has 1 aromatic heterocycles. The van der Waals surface area contributed by atoms with Crippen molar-refractivity contribution in [2.24, 2.45) is 0 Å². The second-order valence-electron chi connectivity index (χ2n) is 6.04. The van der Waals surface area contributed by atoms with Gasteiger partial charge in [0.25, 0.3) is 5.91 Å². The molecule has 0 spiro atoms. The highest BCUT2D eigenvalue weighted by Crippen LogP contribution is 2.35. The summed E-state index contributed by atoms with van der Waals surface area (Å²) in [7, 11) is 1.19. The first-order valence-electron chi connectivity index (χ1n) is 8.36. The Balaban J connectivity index is 1.89. The third-order valence-corrected chi connectivity index (χ3v) is 5.02. The van der Waals surface area contributed by atoms with E-state index in [1.54, 1.807) is 18.2 Å². The number of rotatable bonds is 6. The molecule has 0 aliphatic carbocycles. The first-order valence-corrected chi connectivity index (χ1v) is 9.24. The van der Waals surface area contributed by atoms with Crippen molar-refractivity contribution in [2.45, 2.75) is 6.18 Å². The minimum Gasteiger partial charge on any atom is -0.466 e. The molecule has 0 saturated heterocycles. The molecule has 0 atom stereocenters. The molecule has 0 fully saturated rings. The predicted molar refractivity (Wildman–Crippen MR) is 98.9 cm³/mol. The molecule has 2 N–H and O–H groups in total. The van der Waals surface area contributed by atoms with Crippen molar-refractivity contribution < 1.29 is 32.6 Å². The lowest BCUT2D eigenvalue weighted by Crippen LogP contribution is -2.31. The summed E-state index contributed by atoms with van der Waals surface area (Å²) < 4.78 is 43.1. The topological polar surface area (TPSA) is 91.8 Å². The van der Waals surface area contributed by atoms with E-state index in [4.69, 9.17) is 9.84 Å². The molecular formula is C18H16F3N3O4S. The minimum atomic E-state index is -4.52. The quantitative estimate of drug-likeness (QED) is 0.689. The van der Waals surface area contributed by atoms with Gasteiger partial charge in [-0.15, -0.1) is 11.3 Å². The summed E-state index contributed by atoms with van der Waals surface area (Å²) >= 11 is 0.492. The van der Waals surface area contributed by atoms with Crippen molar-refractivity contribution in [1.29, 1.82) is 0 Å². The molecular weight excluding hydrogens is 411 g/mol. The summed E-state index contributed by atoms with van der Waals surface area (Å²) in [5, 5.41) is 12.3. The van der Waals surface area contributed by atoms with Crippen LogP contribution in [0.1, 0.15) is 5.01 Å². The van der Waals surface area contributed by atoms with E-state index in [-0.39, 0.29) is 36.7 Å². The Bertz CT molecular complexity index is 971. The number of aromatic nitrogens is 1. The highest BCUT2D eigenvalue weighted by atomic mass is 32.1. The summed E-state index contributed by atoms with van der Waals surface area (Å²) in [5.74, 6) is -1.18. The van der Waals surface area contributed by atoms with E-state index in [0.29, 0.717) is 22.6 Å². The van der Waals surface area contributed by atoms with Crippen molar-refractivity contribution in [2.75, 3.05) is 32.1 Å². The Morgan fingerprint density at radius 2 is 2.17 bits per heavy atom. The lowest BCUT2D eigenvalue weighted by Gasteiger charge is -2.15. The number of nitrogens with zero attached hydrogens (tertiary/aromatic N) is 2. The fourth-order valence-corrected chi connectivity index (χ4v) is 3.48. The Labute approximate surface area is 167 Å². The highest BCUT2D eigenvalue weighted by molar-refractivity contribution is 7.10. The SMILES string of the molecule is COC(=O)C1=C(Nc2cccc(-c3csc(C(F)(F)F)n3)c2)C(=O)N(CCO)C1. The van der Waals surface area contributed by atoms with Crippen LogP contribution in [-0.4, -0.2) is 53.7 Å². The number of nitrogens with one attached hydrogen (secondary N) is 1. The van der Waals surface area contributed by atoms with E-state index in [9.17, 15) is 22.8 Å². The number of anilines is 1. The Morgan fingerprint density at radius 1 is 1.41 bits per heavy atom. The molecule has 2 aromatic rings. The van der Waals surface area contributed by atoms with Gasteiger partial charge in [-0.3, -0.25) is 4.79 Å². The van der Waals surface area contributed by atoms with Crippen LogP contribution in [0, 0.1) is 0 Å². The van der Waals surface area contributed by atoms with Gasteiger partial charge in [0.1, 0.15) is 5.70 Å². The fourth-order valence-electron chi connectivity index (χ4n) is 2.79. The molecule has 1 aromatic carbocycles. The van der Waals surface area contributed by atoms with Crippen LogP contribution in [0.25, 0.3) is 11.3 Å². The van der Waals surface area contributed by atoms with Crippen LogP contribution in [0.4, 0.5) is 18.9 Å². The van der Waals surface area contributed by atoms with E-state index >= 15 is 0 Å². The number of amides is 1. The average molecular weight is 427 g/mol. The molecule has 0 bridgehead atoms. The number of methoxy groups -OCH3 is 1. The highest BCUT2D eigenvalue weighted by Gasteiger charge is 2.35. The summed E-state index contributed by atoms with van der Waals surface area (Å²) in [6.45, 7) is -0.243. The smallest absolute Gasteiger partial charge is 0.443 e. The summed E-state index contributed by atoms with van der Waals surface area (Å²) in [6, 6.07) is 6.31. The first-order chi connectivity index (χ1) is 13.7. The minimum absolute atomic E-state index is 0.00305. The number of thiazole rings is 1. The molecule has 29 heavy (non-hydrogen) atoms. The van der Waals surface area contributed by atoms with Gasteiger partial charge in [0.15, 0.2) is 5.01 Å². The third-order valence-electron chi connectivity index (χ3n) is 4.13. The van der Waals surface area contributed by atoms with E-state index in [0.717, 1.165) is 0 Å². The standard InChI is InChI=1S/C18H16F3N3O4S/c1-28-16(27)12-8-24(5-6-25)15(26)14(12)22-11-4-2-3-10(7-11)13-9-29-17(23-13)18(19,20)21/h2-4,7,9,22,25H,5-6,8H2,1H3. The monoisotopic (exact) mass is 427 g/mol. The number of aliphatic hydroxyl groups excluding tert-OH is 1. The largest absolute Gasteiger partial charge is 0.466 e. The average Bonchev–Trinajstić information content (AvgIpc) is 3.29. The third kappa shape index (κ3) is 4.40. The Hall–Kier alpha value is -2.92. The van der Waals surface area contributed by atoms with Crippen LogP contribution in [0.5, 0.6) is 0 Å². The molecule has 154 valence electrons. The molecule has 0 unspecified atom stereocenters. The molecule has 2 heterocycles. The number of alkyl halides is 3. The van der Waals surface area contributed by atoms with Crippen molar-refractivity contribution >= 4 is 28.9 Å². The zero-order valence-electron chi connectivity index (χ0n) is 15.1. The fraction of sp³-hybridized carbons (Fsp3) is 0.278. The van der Waals surface area contributed by atoms with Crippen molar-refractivity contribution in [1.82, 2.24) is 9.88 Å². The van der Waals surface area contributed by atoms with Crippen molar-refractivity contribution in [3.63, 3.8) is 0 Å². The van der Waals surface area contributed by atoms with Gasteiger partial charge in [-0.1, -0.05) is 12.1 Å². The van der Waals surface area contributed by atoms with Gasteiger partial charge >= 0.3 is 12.1 Å². The second kappa shape index (κ2) is 8.21. The normalized spacial score (nSPS) is 14.5. The van der Waals surface area contributed by atoms with Gasteiger partial charge in [0.2, 0.25) is 0 Å². The Kier molecular flexibility index (Phi) is 5.89. The van der Waals surface area contributed by atoms with Gasteiger partial charge < -0.3 is 20.1 Å². The van der Waals surface area contributed by atoms with Gasteiger partial charge in [-0.2, -0.15) is 13.2 Å². The molecule has 1 aliphatic rings. The van der Waals surface area contributed by atoms with Gasteiger partial charge in [0, 0.05) is 23.2 Å².